The molecule has 0 saturated carbocycles. The van der Waals surface area contributed by atoms with Gasteiger partial charge >= 0.3 is 0 Å². The van der Waals surface area contributed by atoms with E-state index >= 15 is 0 Å². The summed E-state index contributed by atoms with van der Waals surface area (Å²) in [5, 5.41) is 0. The van der Waals surface area contributed by atoms with Gasteiger partial charge in [-0.15, -0.1) is 0 Å². The Labute approximate surface area is 149 Å². The number of aromatic nitrogens is 1. The molecule has 0 N–H and O–H groups in total. The Morgan fingerprint density at radius 2 is 1.50 bits per heavy atom. The minimum Gasteiger partial charge on any atom is -0.337 e. The zero-order chi connectivity index (χ0) is 16.9. The normalized spacial score (nSPS) is 15.0. The molecule has 1 aromatic heterocycles. The molecule has 2 heterocycles. The lowest BCUT2D eigenvalue weighted by Crippen LogP contribution is -2.37. The molecule has 5 nitrogen and oxygen atoms in total. The van der Waals surface area contributed by atoms with Gasteiger partial charge < -0.3 is 9.80 Å². The third kappa shape index (κ3) is 3.64. The maximum atomic E-state index is 12.7. The van der Waals surface area contributed by atoms with E-state index in [4.69, 9.17) is 0 Å². The smallest absolute Gasteiger partial charge is 0.255 e. The van der Waals surface area contributed by atoms with Gasteiger partial charge in [0.15, 0.2) is 0 Å². The predicted molar refractivity (Wildman–Crippen MR) is 94.8 cm³/mol. The van der Waals surface area contributed by atoms with Crippen molar-refractivity contribution in [2.45, 2.75) is 6.42 Å². The molecular formula is C18H18BrN3O2. The molecule has 1 fully saturated rings. The number of hydrogen-bond acceptors (Lipinski definition) is 3. The van der Waals surface area contributed by atoms with Crippen molar-refractivity contribution in [3.8, 4) is 0 Å². The highest BCUT2D eigenvalue weighted by molar-refractivity contribution is 9.10. The van der Waals surface area contributed by atoms with Crippen molar-refractivity contribution in [2.24, 2.45) is 0 Å². The maximum Gasteiger partial charge on any atom is 0.255 e. The zero-order valence-corrected chi connectivity index (χ0v) is 14.8. The van der Waals surface area contributed by atoms with E-state index in [0.717, 1.165) is 10.9 Å². The van der Waals surface area contributed by atoms with Crippen LogP contribution in [-0.2, 0) is 0 Å². The summed E-state index contributed by atoms with van der Waals surface area (Å²) in [6, 6.07) is 10.9. The minimum absolute atomic E-state index is 0.000634. The lowest BCUT2D eigenvalue weighted by molar-refractivity contribution is 0.0718. The highest BCUT2D eigenvalue weighted by Gasteiger charge is 2.24. The molecule has 1 aliphatic heterocycles. The van der Waals surface area contributed by atoms with Gasteiger partial charge in [0.25, 0.3) is 11.8 Å². The first-order valence-electron chi connectivity index (χ1n) is 7.90. The van der Waals surface area contributed by atoms with Gasteiger partial charge in [-0.2, -0.15) is 0 Å². The molecule has 0 unspecified atom stereocenters. The van der Waals surface area contributed by atoms with E-state index in [-0.39, 0.29) is 11.8 Å². The summed E-state index contributed by atoms with van der Waals surface area (Å²) in [4.78, 5) is 32.8. The highest BCUT2D eigenvalue weighted by atomic mass is 79.9. The van der Waals surface area contributed by atoms with Crippen molar-refractivity contribution in [1.82, 2.24) is 14.8 Å². The molecule has 124 valence electrons. The quantitative estimate of drug-likeness (QED) is 0.795. The average molecular weight is 388 g/mol. The SMILES string of the molecule is O=C(c1ccncc1)N1CCCN(C(=O)c2ccccc2Br)CC1. The molecule has 0 atom stereocenters. The van der Waals surface area contributed by atoms with Gasteiger partial charge in [-0.25, -0.2) is 0 Å². The highest BCUT2D eigenvalue weighted by Crippen LogP contribution is 2.19. The van der Waals surface area contributed by atoms with Crippen molar-refractivity contribution < 1.29 is 9.59 Å². The molecule has 24 heavy (non-hydrogen) atoms. The molecule has 0 spiro atoms. The second kappa shape index (κ2) is 7.57. The number of halogens is 1. The van der Waals surface area contributed by atoms with Crippen LogP contribution in [0.1, 0.15) is 27.1 Å². The van der Waals surface area contributed by atoms with Gasteiger partial charge in [0, 0.05) is 48.6 Å². The molecular weight excluding hydrogens is 370 g/mol. The van der Waals surface area contributed by atoms with Crippen LogP contribution < -0.4 is 0 Å². The number of benzene rings is 1. The van der Waals surface area contributed by atoms with Gasteiger partial charge in [-0.05, 0) is 46.6 Å². The van der Waals surface area contributed by atoms with Gasteiger partial charge in [-0.1, -0.05) is 12.1 Å². The van der Waals surface area contributed by atoms with Crippen molar-refractivity contribution in [3.63, 3.8) is 0 Å². The molecule has 1 aromatic carbocycles. The molecule has 0 bridgehead atoms. The fourth-order valence-corrected chi connectivity index (χ4v) is 3.26. The Morgan fingerprint density at radius 3 is 2.17 bits per heavy atom. The van der Waals surface area contributed by atoms with Crippen LogP contribution in [0.15, 0.2) is 53.3 Å². The standard InChI is InChI=1S/C18H18BrN3O2/c19-16-5-2-1-4-15(16)18(24)22-11-3-10-21(12-13-22)17(23)14-6-8-20-9-7-14/h1-2,4-9H,3,10-13H2. The topological polar surface area (TPSA) is 53.5 Å². The van der Waals surface area contributed by atoms with E-state index in [1.807, 2.05) is 34.1 Å². The summed E-state index contributed by atoms with van der Waals surface area (Å²) in [5.41, 5.74) is 1.29. The minimum atomic E-state index is -0.00686. The Kier molecular flexibility index (Phi) is 5.25. The van der Waals surface area contributed by atoms with Gasteiger partial charge in [-0.3, -0.25) is 14.6 Å². The second-order valence-corrected chi connectivity index (χ2v) is 6.51. The van der Waals surface area contributed by atoms with Crippen LogP contribution in [-0.4, -0.2) is 52.8 Å². The van der Waals surface area contributed by atoms with Crippen molar-refractivity contribution in [2.75, 3.05) is 26.2 Å². The first-order chi connectivity index (χ1) is 11.7. The van der Waals surface area contributed by atoms with Crippen molar-refractivity contribution in [3.05, 3.63) is 64.4 Å². The van der Waals surface area contributed by atoms with Gasteiger partial charge in [0.05, 0.1) is 5.56 Å². The lowest BCUT2D eigenvalue weighted by atomic mass is 10.2. The molecule has 1 aliphatic rings. The molecule has 2 aromatic rings. The maximum absolute atomic E-state index is 12.7. The first-order valence-corrected chi connectivity index (χ1v) is 8.69. The molecule has 6 heteroatoms. The summed E-state index contributed by atoms with van der Waals surface area (Å²) in [6.07, 6.45) is 4.01. The first kappa shape index (κ1) is 16.6. The van der Waals surface area contributed by atoms with Crippen LogP contribution >= 0.6 is 15.9 Å². The van der Waals surface area contributed by atoms with E-state index in [0.29, 0.717) is 37.3 Å². The third-order valence-corrected chi connectivity index (χ3v) is 4.79. The fourth-order valence-electron chi connectivity index (χ4n) is 2.81. The largest absolute Gasteiger partial charge is 0.337 e. The van der Waals surface area contributed by atoms with Gasteiger partial charge in [0.2, 0.25) is 0 Å². The van der Waals surface area contributed by atoms with Crippen molar-refractivity contribution >= 4 is 27.7 Å². The summed E-state index contributed by atoms with van der Waals surface area (Å²) in [5.74, 6) is -0.00623. The van der Waals surface area contributed by atoms with E-state index in [1.54, 1.807) is 24.5 Å². The average Bonchev–Trinajstić information content (AvgIpc) is 2.88. The lowest BCUT2D eigenvalue weighted by Gasteiger charge is -2.22. The number of amides is 2. The second-order valence-electron chi connectivity index (χ2n) is 5.65. The number of carbonyl (C=O) groups excluding carboxylic acids is 2. The number of pyridine rings is 1. The zero-order valence-electron chi connectivity index (χ0n) is 13.2. The van der Waals surface area contributed by atoms with Crippen LogP contribution in [0.25, 0.3) is 0 Å². The monoisotopic (exact) mass is 387 g/mol. The number of carbonyl (C=O) groups is 2. The third-order valence-electron chi connectivity index (χ3n) is 4.10. The summed E-state index contributed by atoms with van der Waals surface area (Å²) < 4.78 is 0.795. The number of hydrogen-bond donors (Lipinski definition) is 0. The predicted octanol–water partition coefficient (Wildman–Crippen LogP) is 2.83. The van der Waals surface area contributed by atoms with Crippen LogP contribution in [0.3, 0.4) is 0 Å². The molecule has 0 aliphatic carbocycles. The van der Waals surface area contributed by atoms with Crippen LogP contribution in [0.5, 0.6) is 0 Å². The summed E-state index contributed by atoms with van der Waals surface area (Å²) in [7, 11) is 0. The van der Waals surface area contributed by atoms with Crippen LogP contribution in [0.4, 0.5) is 0 Å². The Bertz CT molecular complexity index is 736. The van der Waals surface area contributed by atoms with E-state index in [9.17, 15) is 9.59 Å². The van der Waals surface area contributed by atoms with E-state index in [2.05, 4.69) is 20.9 Å². The van der Waals surface area contributed by atoms with Crippen molar-refractivity contribution in [1.29, 1.82) is 0 Å². The summed E-state index contributed by atoms with van der Waals surface area (Å²) in [6.45, 7) is 2.38. The Morgan fingerprint density at radius 1 is 0.875 bits per heavy atom. The van der Waals surface area contributed by atoms with Crippen LogP contribution in [0, 0.1) is 0 Å². The fraction of sp³-hybridized carbons (Fsp3) is 0.278. The van der Waals surface area contributed by atoms with Crippen LogP contribution in [0.2, 0.25) is 0 Å². The number of nitrogens with zero attached hydrogens (tertiary/aromatic N) is 3. The molecule has 2 amide bonds. The molecule has 3 rings (SSSR count). The summed E-state index contributed by atoms with van der Waals surface area (Å²) >= 11 is 3.43. The number of rotatable bonds is 2. The Balaban J connectivity index is 1.68. The Hall–Kier alpha value is -2.21. The van der Waals surface area contributed by atoms with E-state index < -0.39 is 0 Å². The van der Waals surface area contributed by atoms with Gasteiger partial charge in [0.1, 0.15) is 0 Å². The van der Waals surface area contributed by atoms with E-state index in [1.165, 1.54) is 0 Å². The molecule has 1 saturated heterocycles. The molecule has 0 radical (unpaired) electrons.